The van der Waals surface area contributed by atoms with Crippen molar-refractivity contribution in [3.8, 4) is 22.5 Å². The molecule has 0 atom stereocenters. The second-order valence-electron chi connectivity index (χ2n) is 4.43. The van der Waals surface area contributed by atoms with E-state index >= 15 is 0 Å². The molecule has 0 bridgehead atoms. The zero-order chi connectivity index (χ0) is 15.5. The molecule has 0 radical (unpaired) electrons. The minimum atomic E-state index is -0.340. The molecule has 0 aliphatic carbocycles. The molecule has 3 aromatic rings. The Bertz CT molecular complexity index is 825. The highest BCUT2D eigenvalue weighted by atomic mass is 32.2. The third-order valence-corrected chi connectivity index (χ3v) is 3.56. The number of aromatic nitrogens is 4. The lowest BCUT2D eigenvalue weighted by Gasteiger charge is -2.09. The predicted molar refractivity (Wildman–Crippen MR) is 84.6 cm³/mol. The fourth-order valence-electron chi connectivity index (χ4n) is 2.03. The van der Waals surface area contributed by atoms with Crippen LogP contribution in [0.15, 0.2) is 47.9 Å². The number of hydrogen-bond acceptors (Lipinski definition) is 6. The molecule has 5 nitrogen and oxygen atoms in total. The third kappa shape index (κ3) is 2.89. The summed E-state index contributed by atoms with van der Waals surface area (Å²) < 4.78 is 13.5. The van der Waals surface area contributed by atoms with Crippen LogP contribution in [-0.4, -0.2) is 26.2 Å². The lowest BCUT2D eigenvalue weighted by molar-refractivity contribution is 0.628. The van der Waals surface area contributed by atoms with Crippen molar-refractivity contribution in [2.75, 3.05) is 12.0 Å². The number of thioether (sulfide) groups is 1. The molecule has 0 fully saturated rings. The van der Waals surface area contributed by atoms with E-state index in [2.05, 4.69) is 19.9 Å². The number of rotatable bonds is 3. The summed E-state index contributed by atoms with van der Waals surface area (Å²) in [5.41, 5.74) is 8.19. The standard InChI is InChI=1S/C15H12FN5S/c1-22-15-18-6-5-12(20-15)11-8-19-14(17)21-13(11)9-3-2-4-10(16)7-9/h2-8H,1H3,(H2,17,19,21). The van der Waals surface area contributed by atoms with E-state index in [1.165, 1.54) is 23.9 Å². The summed E-state index contributed by atoms with van der Waals surface area (Å²) in [5.74, 6) is -0.213. The molecule has 22 heavy (non-hydrogen) atoms. The molecule has 2 aromatic heterocycles. The van der Waals surface area contributed by atoms with E-state index in [1.54, 1.807) is 30.6 Å². The van der Waals surface area contributed by atoms with Crippen molar-refractivity contribution in [3.05, 3.63) is 48.5 Å². The van der Waals surface area contributed by atoms with Crippen LogP contribution in [-0.2, 0) is 0 Å². The Kier molecular flexibility index (Phi) is 3.97. The fraction of sp³-hybridized carbons (Fsp3) is 0.0667. The highest BCUT2D eigenvalue weighted by Crippen LogP contribution is 2.30. The van der Waals surface area contributed by atoms with Gasteiger partial charge in [-0.05, 0) is 24.5 Å². The van der Waals surface area contributed by atoms with Crippen LogP contribution >= 0.6 is 11.8 Å². The summed E-state index contributed by atoms with van der Waals surface area (Å²) in [5, 5.41) is 0.638. The van der Waals surface area contributed by atoms with E-state index in [1.807, 2.05) is 6.26 Å². The summed E-state index contributed by atoms with van der Waals surface area (Å²) >= 11 is 1.44. The number of nitrogens with two attached hydrogens (primary N) is 1. The van der Waals surface area contributed by atoms with E-state index in [0.29, 0.717) is 27.7 Å². The number of halogens is 1. The van der Waals surface area contributed by atoms with Gasteiger partial charge >= 0.3 is 0 Å². The normalized spacial score (nSPS) is 10.6. The van der Waals surface area contributed by atoms with Crippen molar-refractivity contribution in [2.24, 2.45) is 0 Å². The summed E-state index contributed by atoms with van der Waals surface area (Å²) in [6.45, 7) is 0. The van der Waals surface area contributed by atoms with Crippen LogP contribution < -0.4 is 5.73 Å². The molecule has 3 rings (SSSR count). The topological polar surface area (TPSA) is 77.6 Å². The van der Waals surface area contributed by atoms with Crippen molar-refractivity contribution in [1.82, 2.24) is 19.9 Å². The Morgan fingerprint density at radius 1 is 1.14 bits per heavy atom. The average molecular weight is 313 g/mol. The van der Waals surface area contributed by atoms with Crippen LogP contribution in [0.4, 0.5) is 10.3 Å². The van der Waals surface area contributed by atoms with Gasteiger partial charge in [0, 0.05) is 23.5 Å². The molecule has 110 valence electrons. The first-order valence-electron chi connectivity index (χ1n) is 6.43. The van der Waals surface area contributed by atoms with E-state index < -0.39 is 0 Å². The molecule has 0 spiro atoms. The van der Waals surface area contributed by atoms with Crippen LogP contribution in [0.1, 0.15) is 0 Å². The Morgan fingerprint density at radius 3 is 2.77 bits per heavy atom. The van der Waals surface area contributed by atoms with Gasteiger partial charge in [0.05, 0.1) is 11.4 Å². The first kappa shape index (κ1) is 14.4. The maximum Gasteiger partial charge on any atom is 0.220 e. The number of benzene rings is 1. The Balaban J connectivity index is 2.20. The largest absolute Gasteiger partial charge is 0.368 e. The van der Waals surface area contributed by atoms with Crippen molar-refractivity contribution in [3.63, 3.8) is 0 Å². The summed E-state index contributed by atoms with van der Waals surface area (Å²) in [6.07, 6.45) is 5.15. The van der Waals surface area contributed by atoms with E-state index in [9.17, 15) is 4.39 Å². The molecule has 2 heterocycles. The molecule has 1 aromatic carbocycles. The van der Waals surface area contributed by atoms with Gasteiger partial charge in [-0.25, -0.2) is 24.3 Å². The first-order valence-corrected chi connectivity index (χ1v) is 7.65. The fourth-order valence-corrected chi connectivity index (χ4v) is 2.38. The summed E-state index contributed by atoms with van der Waals surface area (Å²) in [4.78, 5) is 16.9. The molecule has 0 saturated carbocycles. The third-order valence-electron chi connectivity index (χ3n) is 3.00. The second-order valence-corrected chi connectivity index (χ2v) is 5.20. The molecule has 0 aliphatic heterocycles. The van der Waals surface area contributed by atoms with Crippen LogP contribution in [0.25, 0.3) is 22.5 Å². The van der Waals surface area contributed by atoms with Gasteiger partial charge in [0.15, 0.2) is 5.16 Å². The van der Waals surface area contributed by atoms with Crippen LogP contribution in [0.2, 0.25) is 0 Å². The molecule has 0 aliphatic rings. The number of nitrogen functional groups attached to an aromatic ring is 1. The molecule has 0 saturated heterocycles. The number of anilines is 1. The van der Waals surface area contributed by atoms with Gasteiger partial charge < -0.3 is 5.73 Å². The monoisotopic (exact) mass is 313 g/mol. The zero-order valence-corrected chi connectivity index (χ0v) is 12.5. The maximum absolute atomic E-state index is 13.5. The SMILES string of the molecule is CSc1nccc(-c2cnc(N)nc2-c2cccc(F)c2)n1. The van der Waals surface area contributed by atoms with Gasteiger partial charge in [-0.1, -0.05) is 23.9 Å². The Labute approximate surface area is 130 Å². The van der Waals surface area contributed by atoms with Crippen LogP contribution in [0, 0.1) is 5.82 Å². The zero-order valence-electron chi connectivity index (χ0n) is 11.7. The van der Waals surface area contributed by atoms with Crippen LogP contribution in [0.3, 0.4) is 0 Å². The predicted octanol–water partition coefficient (Wildman–Crippen LogP) is 3.04. The first-order chi connectivity index (χ1) is 10.7. The van der Waals surface area contributed by atoms with Crippen LogP contribution in [0.5, 0.6) is 0 Å². The highest BCUT2D eigenvalue weighted by molar-refractivity contribution is 7.98. The molecular formula is C15H12FN5S. The Hall–Kier alpha value is -2.54. The smallest absolute Gasteiger partial charge is 0.220 e. The maximum atomic E-state index is 13.5. The molecule has 0 amide bonds. The van der Waals surface area contributed by atoms with Gasteiger partial charge in [0.1, 0.15) is 5.82 Å². The molecule has 7 heteroatoms. The van der Waals surface area contributed by atoms with Crippen molar-refractivity contribution in [2.45, 2.75) is 5.16 Å². The molecular weight excluding hydrogens is 301 g/mol. The minimum absolute atomic E-state index is 0.127. The summed E-state index contributed by atoms with van der Waals surface area (Å²) in [6, 6.07) is 7.94. The van der Waals surface area contributed by atoms with Gasteiger partial charge in [-0.2, -0.15) is 0 Å². The van der Waals surface area contributed by atoms with Crippen molar-refractivity contribution >= 4 is 17.7 Å². The summed E-state index contributed by atoms with van der Waals surface area (Å²) in [7, 11) is 0. The van der Waals surface area contributed by atoms with Crippen molar-refractivity contribution < 1.29 is 4.39 Å². The Morgan fingerprint density at radius 2 is 2.00 bits per heavy atom. The van der Waals surface area contributed by atoms with E-state index in [-0.39, 0.29) is 11.8 Å². The minimum Gasteiger partial charge on any atom is -0.368 e. The van der Waals surface area contributed by atoms with Gasteiger partial charge in [0.2, 0.25) is 5.95 Å². The lowest BCUT2D eigenvalue weighted by Crippen LogP contribution is -2.00. The van der Waals surface area contributed by atoms with Gasteiger partial charge in [0.25, 0.3) is 0 Å². The number of hydrogen-bond donors (Lipinski definition) is 1. The van der Waals surface area contributed by atoms with Gasteiger partial charge in [-0.3, -0.25) is 0 Å². The van der Waals surface area contributed by atoms with Crippen molar-refractivity contribution in [1.29, 1.82) is 0 Å². The highest BCUT2D eigenvalue weighted by Gasteiger charge is 2.13. The van der Waals surface area contributed by atoms with E-state index in [0.717, 1.165) is 0 Å². The lowest BCUT2D eigenvalue weighted by atomic mass is 10.0. The quantitative estimate of drug-likeness (QED) is 0.591. The molecule has 0 unspecified atom stereocenters. The number of nitrogens with zero attached hydrogens (tertiary/aromatic N) is 4. The van der Waals surface area contributed by atoms with Gasteiger partial charge in [-0.15, -0.1) is 0 Å². The molecule has 2 N–H and O–H groups in total. The average Bonchev–Trinajstić information content (AvgIpc) is 2.55. The second kappa shape index (κ2) is 6.07. The van der Waals surface area contributed by atoms with E-state index in [4.69, 9.17) is 5.73 Å².